The summed E-state index contributed by atoms with van der Waals surface area (Å²) in [7, 11) is 1.55. The molecule has 1 saturated heterocycles. The molecule has 0 atom stereocenters. The molecule has 2 aromatic carbocycles. The zero-order valence-electron chi connectivity index (χ0n) is 15.8. The van der Waals surface area contributed by atoms with Gasteiger partial charge in [-0.15, -0.1) is 0 Å². The first-order chi connectivity index (χ1) is 13.9. The van der Waals surface area contributed by atoms with Gasteiger partial charge in [0.15, 0.2) is 0 Å². The molecule has 8 heteroatoms. The van der Waals surface area contributed by atoms with Crippen LogP contribution in [0, 0.1) is 0 Å². The van der Waals surface area contributed by atoms with Crippen molar-refractivity contribution < 1.29 is 27.4 Å². The van der Waals surface area contributed by atoms with Crippen LogP contribution < -0.4 is 15.0 Å². The first kappa shape index (κ1) is 20.7. The van der Waals surface area contributed by atoms with Crippen LogP contribution in [0.4, 0.5) is 24.5 Å². The molecule has 0 bridgehead atoms. The quantitative estimate of drug-likeness (QED) is 0.756. The highest BCUT2D eigenvalue weighted by Crippen LogP contribution is 2.35. The van der Waals surface area contributed by atoms with Crippen molar-refractivity contribution in [3.8, 4) is 5.75 Å². The van der Waals surface area contributed by atoms with Crippen LogP contribution in [-0.2, 0) is 15.7 Å². The van der Waals surface area contributed by atoms with E-state index in [-0.39, 0.29) is 5.69 Å². The van der Waals surface area contributed by atoms with Crippen LogP contribution in [0.25, 0.3) is 6.08 Å². The number of methoxy groups -OCH3 is 1. The number of hydrogen-bond acceptors (Lipinski definition) is 4. The fourth-order valence-corrected chi connectivity index (χ4v) is 2.95. The molecule has 0 unspecified atom stereocenters. The molecule has 154 valence electrons. The van der Waals surface area contributed by atoms with Gasteiger partial charge in [-0.05, 0) is 42.0 Å². The number of carbonyl (C=O) groups is 1. The van der Waals surface area contributed by atoms with Crippen LogP contribution in [0.5, 0.6) is 5.75 Å². The van der Waals surface area contributed by atoms with Crippen molar-refractivity contribution in [1.82, 2.24) is 0 Å². The van der Waals surface area contributed by atoms with E-state index in [1.165, 1.54) is 12.1 Å². The van der Waals surface area contributed by atoms with Gasteiger partial charge in [-0.3, -0.25) is 4.79 Å². The maximum atomic E-state index is 13.1. The summed E-state index contributed by atoms with van der Waals surface area (Å²) in [4.78, 5) is 14.3. The number of halogens is 3. The van der Waals surface area contributed by atoms with Gasteiger partial charge in [-0.25, -0.2) is 0 Å². The second-order valence-corrected chi connectivity index (χ2v) is 6.42. The average molecular weight is 406 g/mol. The standard InChI is InChI=1S/C21H21F3N2O3/c1-28-17-6-2-15(3-7-17)4-9-20(27)25-18-14-16(21(22,23)24)5-8-19(18)26-10-12-29-13-11-26/h2-9,14H,10-13H2,1H3,(H,25,27)/b9-4+. The van der Waals surface area contributed by atoms with Crippen molar-refractivity contribution in [2.45, 2.75) is 6.18 Å². The summed E-state index contributed by atoms with van der Waals surface area (Å²) < 4.78 is 49.8. The van der Waals surface area contributed by atoms with Crippen molar-refractivity contribution in [3.63, 3.8) is 0 Å². The van der Waals surface area contributed by atoms with Gasteiger partial charge in [0.1, 0.15) is 5.75 Å². The minimum atomic E-state index is -4.50. The van der Waals surface area contributed by atoms with Crippen LogP contribution in [0.1, 0.15) is 11.1 Å². The molecule has 29 heavy (non-hydrogen) atoms. The van der Waals surface area contributed by atoms with Crippen LogP contribution in [-0.4, -0.2) is 39.3 Å². The van der Waals surface area contributed by atoms with Gasteiger partial charge >= 0.3 is 6.18 Å². The Morgan fingerprint density at radius 1 is 1.14 bits per heavy atom. The summed E-state index contributed by atoms with van der Waals surface area (Å²) in [5, 5.41) is 2.58. The third-order valence-electron chi connectivity index (χ3n) is 4.48. The summed E-state index contributed by atoms with van der Waals surface area (Å²) >= 11 is 0. The summed E-state index contributed by atoms with van der Waals surface area (Å²) in [5.41, 5.74) is 0.598. The van der Waals surface area contributed by atoms with Crippen LogP contribution >= 0.6 is 0 Å². The molecular weight excluding hydrogens is 385 g/mol. The SMILES string of the molecule is COc1ccc(/C=C/C(=O)Nc2cc(C(F)(F)F)ccc2N2CCOCC2)cc1. The molecule has 1 aliphatic rings. The molecular formula is C21H21F3N2O3. The fraction of sp³-hybridized carbons (Fsp3) is 0.286. The number of nitrogens with one attached hydrogen (secondary N) is 1. The van der Waals surface area contributed by atoms with E-state index < -0.39 is 17.6 Å². The average Bonchev–Trinajstić information content (AvgIpc) is 2.72. The topological polar surface area (TPSA) is 50.8 Å². The lowest BCUT2D eigenvalue weighted by Crippen LogP contribution is -2.36. The number of carbonyl (C=O) groups excluding carboxylic acids is 1. The minimum absolute atomic E-state index is 0.117. The number of benzene rings is 2. The van der Waals surface area contributed by atoms with E-state index in [2.05, 4.69) is 5.32 Å². The summed E-state index contributed by atoms with van der Waals surface area (Å²) in [6.07, 6.45) is -1.64. The molecule has 1 aliphatic heterocycles. The largest absolute Gasteiger partial charge is 0.497 e. The van der Waals surface area contributed by atoms with Crippen LogP contribution in [0.15, 0.2) is 48.5 Å². The third kappa shape index (κ3) is 5.51. The number of alkyl halides is 3. The normalized spacial score (nSPS) is 14.8. The van der Waals surface area contributed by atoms with Crippen LogP contribution in [0.2, 0.25) is 0 Å². The third-order valence-corrected chi connectivity index (χ3v) is 4.48. The number of amides is 1. The lowest BCUT2D eigenvalue weighted by Gasteiger charge is -2.30. The number of nitrogens with zero attached hydrogens (tertiary/aromatic N) is 1. The van der Waals surface area contributed by atoms with Gasteiger partial charge in [0.25, 0.3) is 0 Å². The van der Waals surface area contributed by atoms with Crippen molar-refractivity contribution in [2.24, 2.45) is 0 Å². The zero-order valence-corrected chi connectivity index (χ0v) is 15.8. The highest BCUT2D eigenvalue weighted by Gasteiger charge is 2.31. The Hall–Kier alpha value is -3.00. The molecule has 3 rings (SSSR count). The molecule has 1 heterocycles. The fourth-order valence-electron chi connectivity index (χ4n) is 2.95. The molecule has 5 nitrogen and oxygen atoms in total. The maximum Gasteiger partial charge on any atom is 0.416 e. The van der Waals surface area contributed by atoms with E-state index in [1.54, 1.807) is 37.5 Å². The Morgan fingerprint density at radius 3 is 2.45 bits per heavy atom. The predicted molar refractivity (Wildman–Crippen MR) is 105 cm³/mol. The van der Waals surface area contributed by atoms with Crippen molar-refractivity contribution in [1.29, 1.82) is 0 Å². The van der Waals surface area contributed by atoms with E-state index in [9.17, 15) is 18.0 Å². The first-order valence-electron chi connectivity index (χ1n) is 9.04. The Bertz CT molecular complexity index is 874. The van der Waals surface area contributed by atoms with Crippen molar-refractivity contribution >= 4 is 23.4 Å². The van der Waals surface area contributed by atoms with Gasteiger partial charge in [-0.1, -0.05) is 12.1 Å². The highest BCUT2D eigenvalue weighted by molar-refractivity contribution is 6.04. The second kappa shape index (κ2) is 9.00. The molecule has 0 saturated carbocycles. The van der Waals surface area contributed by atoms with E-state index in [0.29, 0.717) is 37.7 Å². The minimum Gasteiger partial charge on any atom is -0.497 e. The number of ether oxygens (including phenoxy) is 2. The Balaban J connectivity index is 1.80. The Labute approximate surface area is 166 Å². The van der Waals surface area contributed by atoms with Crippen LogP contribution in [0.3, 0.4) is 0 Å². The Morgan fingerprint density at radius 2 is 1.83 bits per heavy atom. The summed E-state index contributed by atoms with van der Waals surface area (Å²) in [5.74, 6) is 0.167. The monoisotopic (exact) mass is 406 g/mol. The lowest BCUT2D eigenvalue weighted by atomic mass is 10.1. The summed E-state index contributed by atoms with van der Waals surface area (Å²) in [6, 6.07) is 10.4. The van der Waals surface area contributed by atoms with E-state index >= 15 is 0 Å². The van der Waals surface area contributed by atoms with E-state index in [4.69, 9.17) is 9.47 Å². The predicted octanol–water partition coefficient (Wildman–Crippen LogP) is 4.20. The van der Waals surface area contributed by atoms with Gasteiger partial charge in [0.2, 0.25) is 5.91 Å². The lowest BCUT2D eigenvalue weighted by molar-refractivity contribution is -0.137. The summed E-state index contributed by atoms with van der Waals surface area (Å²) in [6.45, 7) is 2.03. The molecule has 1 amide bonds. The molecule has 1 fully saturated rings. The van der Waals surface area contributed by atoms with Gasteiger partial charge in [0, 0.05) is 19.2 Å². The molecule has 0 aromatic heterocycles. The van der Waals surface area contributed by atoms with Crippen molar-refractivity contribution in [2.75, 3.05) is 43.6 Å². The number of rotatable bonds is 5. The van der Waals surface area contributed by atoms with E-state index in [1.807, 2.05) is 4.90 Å². The molecule has 0 radical (unpaired) electrons. The molecule has 2 aromatic rings. The van der Waals surface area contributed by atoms with Crippen molar-refractivity contribution in [3.05, 3.63) is 59.7 Å². The Kier molecular flexibility index (Phi) is 6.43. The zero-order chi connectivity index (χ0) is 20.9. The number of morpholine rings is 1. The number of hydrogen-bond donors (Lipinski definition) is 1. The second-order valence-electron chi connectivity index (χ2n) is 6.42. The maximum absolute atomic E-state index is 13.1. The highest BCUT2D eigenvalue weighted by atomic mass is 19.4. The molecule has 0 spiro atoms. The van der Waals surface area contributed by atoms with Gasteiger partial charge < -0.3 is 19.7 Å². The first-order valence-corrected chi connectivity index (χ1v) is 9.04. The number of anilines is 2. The smallest absolute Gasteiger partial charge is 0.416 e. The van der Waals surface area contributed by atoms with Gasteiger partial charge in [0.05, 0.1) is 37.3 Å². The van der Waals surface area contributed by atoms with E-state index in [0.717, 1.165) is 17.7 Å². The molecule has 1 N–H and O–H groups in total. The molecule has 0 aliphatic carbocycles. The van der Waals surface area contributed by atoms with Gasteiger partial charge in [-0.2, -0.15) is 13.2 Å².